The minimum Gasteiger partial charge on any atom is -0.0613 e. The first-order chi connectivity index (χ1) is 11.1. The summed E-state index contributed by atoms with van der Waals surface area (Å²) >= 11 is 0. The molecule has 0 unspecified atom stereocenters. The number of allylic oxidation sites excluding steroid dienone is 2. The summed E-state index contributed by atoms with van der Waals surface area (Å²) in [6, 6.07) is 13.8. The van der Waals surface area contributed by atoms with Crippen LogP contribution < -0.4 is 0 Å². The number of fused-ring (bicyclic) bond motifs is 1. The van der Waals surface area contributed by atoms with Crippen LogP contribution in [0, 0.1) is 19.8 Å². The molecule has 0 radical (unpaired) electrons. The molecule has 0 heteroatoms. The Morgan fingerprint density at radius 3 is 2.26 bits per heavy atom. The molecular weight excluding hydrogens is 276 g/mol. The van der Waals surface area contributed by atoms with Gasteiger partial charge in [0.1, 0.15) is 0 Å². The quantitative estimate of drug-likeness (QED) is 0.594. The number of aryl methyl sites for hydroxylation is 2. The fourth-order valence-electron chi connectivity index (χ4n) is 4.78. The van der Waals surface area contributed by atoms with Crippen LogP contribution in [0.15, 0.2) is 42.0 Å². The Morgan fingerprint density at radius 1 is 0.870 bits per heavy atom. The first-order valence-electron chi connectivity index (χ1n) is 9.04. The van der Waals surface area contributed by atoms with E-state index in [0.29, 0.717) is 0 Å². The molecule has 0 aliphatic heterocycles. The molecule has 2 aliphatic carbocycles. The van der Waals surface area contributed by atoms with Crippen molar-refractivity contribution in [2.75, 3.05) is 0 Å². The van der Waals surface area contributed by atoms with Crippen LogP contribution in [0.25, 0.3) is 16.7 Å². The standard InChI is InChI=1S/C23H26/c1-15-11-16(2)13-20(12-15)21-10-6-9-19-14-22(17(3)23(19)21)18-7-4-5-8-18/h6,9-13,18H,4-5,7-8,14H2,1-3H3. The van der Waals surface area contributed by atoms with Crippen LogP contribution in [0.3, 0.4) is 0 Å². The van der Waals surface area contributed by atoms with Crippen LogP contribution in [0.4, 0.5) is 0 Å². The molecule has 2 aromatic rings. The van der Waals surface area contributed by atoms with E-state index in [2.05, 4.69) is 57.2 Å². The van der Waals surface area contributed by atoms with Crippen LogP contribution in [-0.4, -0.2) is 0 Å². The Morgan fingerprint density at radius 2 is 1.57 bits per heavy atom. The van der Waals surface area contributed by atoms with E-state index in [4.69, 9.17) is 0 Å². The predicted octanol–water partition coefficient (Wildman–Crippen LogP) is 6.49. The predicted molar refractivity (Wildman–Crippen MR) is 99.6 cm³/mol. The maximum Gasteiger partial charge on any atom is -0.00521 e. The number of rotatable bonds is 2. The van der Waals surface area contributed by atoms with Gasteiger partial charge < -0.3 is 0 Å². The second kappa shape index (κ2) is 5.67. The average Bonchev–Trinajstić information content (AvgIpc) is 3.14. The Bertz CT molecular complexity index is 765. The van der Waals surface area contributed by atoms with Crippen LogP contribution in [0.2, 0.25) is 0 Å². The zero-order valence-electron chi connectivity index (χ0n) is 14.6. The molecule has 0 N–H and O–H groups in total. The molecule has 0 nitrogen and oxygen atoms in total. The van der Waals surface area contributed by atoms with Crippen molar-refractivity contribution >= 4 is 5.57 Å². The van der Waals surface area contributed by atoms with Gasteiger partial charge in [0.2, 0.25) is 0 Å². The molecule has 0 amide bonds. The van der Waals surface area contributed by atoms with Crippen molar-refractivity contribution in [2.45, 2.75) is 52.9 Å². The highest BCUT2D eigenvalue weighted by atomic mass is 14.3. The van der Waals surface area contributed by atoms with Crippen LogP contribution in [0.5, 0.6) is 0 Å². The maximum atomic E-state index is 2.37. The fourth-order valence-corrected chi connectivity index (χ4v) is 4.78. The van der Waals surface area contributed by atoms with Gasteiger partial charge in [0, 0.05) is 0 Å². The molecule has 2 aromatic carbocycles. The van der Waals surface area contributed by atoms with Crippen LogP contribution >= 0.6 is 0 Å². The third-order valence-corrected chi connectivity index (χ3v) is 5.77. The lowest BCUT2D eigenvalue weighted by Crippen LogP contribution is -1.99. The molecular formula is C23H26. The van der Waals surface area contributed by atoms with Gasteiger partial charge in [-0.05, 0) is 73.8 Å². The summed E-state index contributed by atoms with van der Waals surface area (Å²) in [5.74, 6) is 0.842. The van der Waals surface area contributed by atoms with Crippen LogP contribution in [0.1, 0.15) is 54.9 Å². The first kappa shape index (κ1) is 14.8. The largest absolute Gasteiger partial charge is 0.0613 e. The zero-order chi connectivity index (χ0) is 16.0. The van der Waals surface area contributed by atoms with Gasteiger partial charge in [0.25, 0.3) is 0 Å². The van der Waals surface area contributed by atoms with Crippen molar-refractivity contribution in [3.8, 4) is 11.1 Å². The van der Waals surface area contributed by atoms with Crippen molar-refractivity contribution in [1.29, 1.82) is 0 Å². The van der Waals surface area contributed by atoms with Gasteiger partial charge in [-0.2, -0.15) is 0 Å². The average molecular weight is 302 g/mol. The van der Waals surface area contributed by atoms with E-state index in [1.54, 1.807) is 16.7 Å². The summed E-state index contributed by atoms with van der Waals surface area (Å²) in [6.07, 6.45) is 6.83. The monoisotopic (exact) mass is 302 g/mol. The molecule has 0 aromatic heterocycles. The lowest BCUT2D eigenvalue weighted by molar-refractivity contribution is 0.632. The third kappa shape index (κ3) is 2.55. The highest BCUT2D eigenvalue weighted by molar-refractivity contribution is 5.87. The van der Waals surface area contributed by atoms with Gasteiger partial charge in [-0.25, -0.2) is 0 Å². The Balaban J connectivity index is 1.84. The molecule has 0 saturated heterocycles. The van der Waals surface area contributed by atoms with Gasteiger partial charge in [-0.15, -0.1) is 0 Å². The minimum absolute atomic E-state index is 0.842. The molecule has 0 heterocycles. The number of benzene rings is 2. The molecule has 0 atom stereocenters. The summed E-state index contributed by atoms with van der Waals surface area (Å²) < 4.78 is 0. The highest BCUT2D eigenvalue weighted by Gasteiger charge is 2.28. The number of hydrogen-bond donors (Lipinski definition) is 0. The molecule has 4 rings (SSSR count). The van der Waals surface area contributed by atoms with E-state index < -0.39 is 0 Å². The van der Waals surface area contributed by atoms with Crippen molar-refractivity contribution < 1.29 is 0 Å². The lowest BCUT2D eigenvalue weighted by Gasteiger charge is -2.13. The lowest BCUT2D eigenvalue weighted by atomic mass is 9.91. The van der Waals surface area contributed by atoms with E-state index in [-0.39, 0.29) is 0 Å². The van der Waals surface area contributed by atoms with Gasteiger partial charge >= 0.3 is 0 Å². The third-order valence-electron chi connectivity index (χ3n) is 5.77. The second-order valence-electron chi connectivity index (χ2n) is 7.52. The summed E-state index contributed by atoms with van der Waals surface area (Å²) in [4.78, 5) is 0. The molecule has 1 saturated carbocycles. The first-order valence-corrected chi connectivity index (χ1v) is 9.04. The summed E-state index contributed by atoms with van der Waals surface area (Å²) in [5, 5.41) is 0. The summed E-state index contributed by atoms with van der Waals surface area (Å²) in [6.45, 7) is 6.77. The fraction of sp³-hybridized carbons (Fsp3) is 0.391. The Labute approximate surface area is 140 Å². The Hall–Kier alpha value is -1.82. The van der Waals surface area contributed by atoms with E-state index in [1.165, 1.54) is 59.9 Å². The summed E-state index contributed by atoms with van der Waals surface area (Å²) in [7, 11) is 0. The van der Waals surface area contributed by atoms with Crippen molar-refractivity contribution in [3.05, 3.63) is 64.2 Å². The van der Waals surface area contributed by atoms with Crippen molar-refractivity contribution in [1.82, 2.24) is 0 Å². The normalized spacial score (nSPS) is 17.9. The van der Waals surface area contributed by atoms with E-state index >= 15 is 0 Å². The molecule has 1 fully saturated rings. The molecule has 23 heavy (non-hydrogen) atoms. The van der Waals surface area contributed by atoms with Crippen molar-refractivity contribution in [3.63, 3.8) is 0 Å². The van der Waals surface area contributed by atoms with E-state index in [0.717, 1.165) is 5.92 Å². The van der Waals surface area contributed by atoms with Crippen molar-refractivity contribution in [2.24, 2.45) is 5.92 Å². The Kier molecular flexibility index (Phi) is 3.64. The molecule has 0 spiro atoms. The summed E-state index contributed by atoms with van der Waals surface area (Å²) in [5.41, 5.74) is 11.9. The smallest absolute Gasteiger partial charge is 0.00521 e. The van der Waals surface area contributed by atoms with E-state index in [9.17, 15) is 0 Å². The molecule has 118 valence electrons. The topological polar surface area (TPSA) is 0 Å². The van der Waals surface area contributed by atoms with Gasteiger partial charge in [-0.1, -0.05) is 65.9 Å². The van der Waals surface area contributed by atoms with Crippen LogP contribution in [-0.2, 0) is 6.42 Å². The van der Waals surface area contributed by atoms with Gasteiger partial charge in [-0.3, -0.25) is 0 Å². The van der Waals surface area contributed by atoms with Gasteiger partial charge in [0.05, 0.1) is 0 Å². The second-order valence-corrected chi connectivity index (χ2v) is 7.52. The maximum absolute atomic E-state index is 2.37. The molecule has 2 aliphatic rings. The van der Waals surface area contributed by atoms with Gasteiger partial charge in [0.15, 0.2) is 0 Å². The molecule has 0 bridgehead atoms. The number of hydrogen-bond acceptors (Lipinski definition) is 0. The SMILES string of the molecule is CC1=C(C2CCCC2)Cc2cccc(-c3cc(C)cc(C)c3)c21. The zero-order valence-corrected chi connectivity index (χ0v) is 14.6. The highest BCUT2D eigenvalue weighted by Crippen LogP contribution is 2.45. The van der Waals surface area contributed by atoms with E-state index in [1.807, 2.05) is 0 Å². The minimum atomic E-state index is 0.842.